The fraction of sp³-hybridized carbons (Fsp3) is 0. The van der Waals surface area contributed by atoms with E-state index in [9.17, 15) is 0 Å². The van der Waals surface area contributed by atoms with Crippen molar-refractivity contribution in [1.29, 1.82) is 0 Å². The van der Waals surface area contributed by atoms with Crippen LogP contribution in [0.25, 0.3) is 0 Å². The van der Waals surface area contributed by atoms with Crippen LogP contribution in [0.2, 0.25) is 0 Å². The molecular formula is CH4CaO2S. The third-order valence-corrected chi connectivity index (χ3v) is 0. The molecule has 0 aliphatic heterocycles. The first-order valence-corrected chi connectivity index (χ1v) is 0.408. The Kier molecular flexibility index (Phi) is 66.9. The summed E-state index contributed by atoms with van der Waals surface area (Å²) in [5.74, 6) is 0. The molecule has 0 N–H and O–H groups in total. The van der Waals surface area contributed by atoms with Gasteiger partial charge >= 0.3 is 43.9 Å². The molecule has 2 nitrogen and oxygen atoms in total. The molecule has 0 aliphatic rings. The summed E-state index contributed by atoms with van der Waals surface area (Å²) in [6, 6.07) is 0. The Morgan fingerprint density at radius 3 is 1.40 bits per heavy atom. The Morgan fingerprint density at radius 2 is 1.40 bits per heavy atom. The van der Waals surface area contributed by atoms with E-state index in [-0.39, 0.29) is 60.2 Å². The Balaban J connectivity index is -0.00000000333. The summed E-state index contributed by atoms with van der Waals surface area (Å²) in [5.41, 5.74) is 0. The van der Waals surface area contributed by atoms with Gasteiger partial charge in [-0.1, -0.05) is 0 Å². The van der Waals surface area contributed by atoms with Crippen LogP contribution < -0.4 is 0 Å². The molecule has 0 saturated carbocycles. The number of hydrogen-bond donors (Lipinski definition) is 0. The largest absolute Gasteiger partial charge is 2.00 e. The van der Waals surface area contributed by atoms with Gasteiger partial charge in [0.2, 0.25) is 0 Å². The van der Waals surface area contributed by atoms with Gasteiger partial charge in [-0.2, -0.15) is 23.1 Å². The van der Waals surface area contributed by atoms with Crippen LogP contribution in [0.1, 0.15) is 2.85 Å². The predicted molar refractivity (Wildman–Crippen MR) is 23.4 cm³/mol. The zero-order valence-corrected chi connectivity index (χ0v) is 5.73. The molecule has 4 heteroatoms. The van der Waals surface area contributed by atoms with Gasteiger partial charge in [-0.15, -0.1) is 0 Å². The monoisotopic (exact) mass is 120 g/mol. The van der Waals surface area contributed by atoms with E-state index < -0.39 is 0 Å². The van der Waals surface area contributed by atoms with E-state index in [0.717, 1.165) is 0 Å². The van der Waals surface area contributed by atoms with E-state index in [0.29, 0.717) is 0 Å². The van der Waals surface area contributed by atoms with Crippen molar-refractivity contribution in [3.05, 3.63) is 0 Å². The summed E-state index contributed by atoms with van der Waals surface area (Å²) in [7, 11) is 0. The van der Waals surface area contributed by atoms with E-state index >= 15 is 0 Å². The van der Waals surface area contributed by atoms with Crippen LogP contribution in [0.4, 0.5) is 0 Å². The molecule has 0 aromatic heterocycles. The Bertz CT molecular complexity index is 36.7. The molecule has 5 heavy (non-hydrogen) atoms. The van der Waals surface area contributed by atoms with Crippen LogP contribution in [0.3, 0.4) is 0 Å². The number of rotatable bonds is 0. The molecule has 0 atom stereocenters. The molecule has 28 valence electrons. The standard InChI is InChI=1S/CO2.Ca.H2S.2H/c2-1-3;;;;/h;;1H2;;/q;+2;;2*-1. The van der Waals surface area contributed by atoms with Crippen LogP contribution in [0.5, 0.6) is 0 Å². The maximum absolute atomic E-state index is 8.12. The second-order valence-electron chi connectivity index (χ2n) is 0.0833. The normalized spacial score (nSPS) is 1.60. The molecule has 0 radical (unpaired) electrons. The summed E-state index contributed by atoms with van der Waals surface area (Å²) >= 11 is 0. The van der Waals surface area contributed by atoms with Crippen molar-refractivity contribution >= 4 is 57.4 Å². The first-order chi connectivity index (χ1) is 1.41. The zero-order chi connectivity index (χ0) is 2.71. The molecule has 0 heterocycles. The Hall–Kier alpha value is 0.990. The molecule has 0 spiro atoms. The van der Waals surface area contributed by atoms with E-state index in [1.165, 1.54) is 0 Å². The first kappa shape index (κ1) is 16.7. The van der Waals surface area contributed by atoms with Gasteiger partial charge in [0.25, 0.3) is 0 Å². The van der Waals surface area contributed by atoms with Gasteiger partial charge < -0.3 is 2.85 Å². The van der Waals surface area contributed by atoms with Gasteiger partial charge in [-0.05, 0) is 0 Å². The van der Waals surface area contributed by atoms with E-state index in [1.54, 1.807) is 0 Å². The van der Waals surface area contributed by atoms with Gasteiger partial charge in [-0.25, -0.2) is 0 Å². The van der Waals surface area contributed by atoms with E-state index in [1.807, 2.05) is 0 Å². The van der Waals surface area contributed by atoms with Gasteiger partial charge in [0.05, 0.1) is 0 Å². The van der Waals surface area contributed by atoms with Crippen molar-refractivity contribution in [1.82, 2.24) is 0 Å². The summed E-state index contributed by atoms with van der Waals surface area (Å²) in [6.07, 6.45) is 0.250. The first-order valence-electron chi connectivity index (χ1n) is 0.408. The summed E-state index contributed by atoms with van der Waals surface area (Å²) in [5, 5.41) is 0. The number of carbonyl (C=O) groups excluding carboxylic acids is 2. The van der Waals surface area contributed by atoms with Crippen LogP contribution in [-0.2, 0) is 9.59 Å². The number of hydrogen-bond acceptors (Lipinski definition) is 2. The Labute approximate surface area is 69.3 Å². The smallest absolute Gasteiger partial charge is 1.00 e. The quantitative estimate of drug-likeness (QED) is 0.399. The van der Waals surface area contributed by atoms with Crippen molar-refractivity contribution in [2.75, 3.05) is 0 Å². The fourth-order valence-corrected chi connectivity index (χ4v) is 0. The SMILES string of the molecule is O=C=O.S.[Ca+2].[H-].[H-]. The summed E-state index contributed by atoms with van der Waals surface area (Å²) in [6.45, 7) is 0. The molecule has 0 bridgehead atoms. The van der Waals surface area contributed by atoms with Crippen LogP contribution in [0.15, 0.2) is 0 Å². The maximum Gasteiger partial charge on any atom is 2.00 e. The van der Waals surface area contributed by atoms with Crippen LogP contribution in [0, 0.1) is 0 Å². The Morgan fingerprint density at radius 1 is 1.40 bits per heavy atom. The van der Waals surface area contributed by atoms with Crippen molar-refractivity contribution < 1.29 is 12.4 Å². The fourth-order valence-electron chi connectivity index (χ4n) is 0. The van der Waals surface area contributed by atoms with Gasteiger partial charge in [0.15, 0.2) is 0 Å². The predicted octanol–water partition coefficient (Wildman–Crippen LogP) is -0.627. The molecule has 0 unspecified atom stereocenters. The third kappa shape index (κ3) is 45.5. The molecule has 0 amide bonds. The topological polar surface area (TPSA) is 34.1 Å². The van der Waals surface area contributed by atoms with Gasteiger partial charge in [0.1, 0.15) is 0 Å². The minimum absolute atomic E-state index is 0. The van der Waals surface area contributed by atoms with Crippen molar-refractivity contribution in [2.45, 2.75) is 0 Å². The minimum Gasteiger partial charge on any atom is -1.00 e. The maximum atomic E-state index is 8.12. The molecule has 0 aliphatic carbocycles. The molecule has 0 aromatic carbocycles. The zero-order valence-electron chi connectivity index (χ0n) is 4.52. The average Bonchev–Trinajstić information content (AvgIpc) is 0.918. The molecule has 0 aromatic rings. The van der Waals surface area contributed by atoms with Crippen molar-refractivity contribution in [3.8, 4) is 0 Å². The third-order valence-electron chi connectivity index (χ3n) is 0. The van der Waals surface area contributed by atoms with E-state index in [2.05, 4.69) is 0 Å². The minimum atomic E-state index is 0. The average molecular weight is 120 g/mol. The van der Waals surface area contributed by atoms with E-state index in [4.69, 9.17) is 9.59 Å². The van der Waals surface area contributed by atoms with Crippen LogP contribution >= 0.6 is 13.5 Å². The van der Waals surface area contributed by atoms with Crippen molar-refractivity contribution in [2.24, 2.45) is 0 Å². The van der Waals surface area contributed by atoms with Crippen molar-refractivity contribution in [3.63, 3.8) is 0 Å². The summed E-state index contributed by atoms with van der Waals surface area (Å²) < 4.78 is 0. The van der Waals surface area contributed by atoms with Gasteiger partial charge in [0, 0.05) is 0 Å². The molecule has 0 rings (SSSR count). The second-order valence-corrected chi connectivity index (χ2v) is 0.0833. The van der Waals surface area contributed by atoms with Crippen LogP contribution in [-0.4, -0.2) is 43.9 Å². The second kappa shape index (κ2) is 20.1. The molecular weight excluding hydrogens is 116 g/mol. The molecule has 0 saturated heterocycles. The van der Waals surface area contributed by atoms with Gasteiger partial charge in [-0.3, -0.25) is 0 Å². The summed E-state index contributed by atoms with van der Waals surface area (Å²) in [4.78, 5) is 16.2. The molecule has 0 fully saturated rings.